The van der Waals surface area contributed by atoms with Crippen LogP contribution in [0.2, 0.25) is 5.02 Å². The van der Waals surface area contributed by atoms with Gasteiger partial charge in [-0.15, -0.1) is 0 Å². The highest BCUT2D eigenvalue weighted by Gasteiger charge is 2.20. The molecule has 0 fully saturated rings. The van der Waals surface area contributed by atoms with Crippen LogP contribution in [-0.4, -0.2) is 7.11 Å². The predicted molar refractivity (Wildman–Crippen MR) is 87.0 cm³/mol. The molecule has 0 aliphatic heterocycles. The minimum Gasteiger partial charge on any atom is -0.496 e. The Labute approximate surface area is 131 Å². The van der Waals surface area contributed by atoms with E-state index in [-0.39, 0.29) is 0 Å². The summed E-state index contributed by atoms with van der Waals surface area (Å²) in [5.74, 6) is 0.846. The van der Waals surface area contributed by atoms with Crippen LogP contribution in [0.1, 0.15) is 35.6 Å². The zero-order chi connectivity index (χ0) is 14.7. The highest BCUT2D eigenvalue weighted by atomic mass is 35.5. The van der Waals surface area contributed by atoms with E-state index in [4.69, 9.17) is 16.3 Å². The maximum Gasteiger partial charge on any atom is 0.124 e. The molecule has 0 saturated heterocycles. The van der Waals surface area contributed by atoms with Gasteiger partial charge in [-0.3, -0.25) is 0 Å². The summed E-state index contributed by atoms with van der Waals surface area (Å²) < 4.78 is 5.41. The fraction of sp³-hybridized carbons (Fsp3) is 0.333. The molecule has 3 rings (SSSR count). The van der Waals surface area contributed by atoms with Crippen LogP contribution >= 0.6 is 11.6 Å². The predicted octanol–water partition coefficient (Wildman–Crippen LogP) is 4.52. The molecule has 1 unspecified atom stereocenters. The second-order valence-corrected chi connectivity index (χ2v) is 5.85. The number of hydrogen-bond acceptors (Lipinski definition) is 2. The van der Waals surface area contributed by atoms with E-state index >= 15 is 0 Å². The quantitative estimate of drug-likeness (QED) is 0.897. The lowest BCUT2D eigenvalue weighted by Gasteiger charge is -2.27. The highest BCUT2D eigenvalue weighted by Crippen LogP contribution is 2.31. The topological polar surface area (TPSA) is 21.3 Å². The molecule has 0 saturated carbocycles. The third-order valence-electron chi connectivity index (χ3n) is 4.19. The number of aryl methyl sites for hydroxylation is 1. The van der Waals surface area contributed by atoms with Crippen molar-refractivity contribution >= 4 is 11.6 Å². The van der Waals surface area contributed by atoms with Crippen molar-refractivity contribution in [2.24, 2.45) is 0 Å². The highest BCUT2D eigenvalue weighted by molar-refractivity contribution is 6.31. The lowest BCUT2D eigenvalue weighted by Crippen LogP contribution is -2.25. The van der Waals surface area contributed by atoms with Crippen LogP contribution in [0, 0.1) is 0 Å². The molecule has 3 heteroatoms. The second-order valence-electron chi connectivity index (χ2n) is 5.45. The number of ether oxygens (including phenoxy) is 1. The number of rotatable bonds is 4. The summed E-state index contributed by atoms with van der Waals surface area (Å²) in [5.41, 5.74) is 3.92. The average Bonchev–Trinajstić information content (AvgIpc) is 2.53. The summed E-state index contributed by atoms with van der Waals surface area (Å²) in [7, 11) is 1.69. The van der Waals surface area contributed by atoms with Crippen molar-refractivity contribution < 1.29 is 4.74 Å². The second kappa shape index (κ2) is 6.50. The summed E-state index contributed by atoms with van der Waals surface area (Å²) >= 11 is 6.31. The van der Waals surface area contributed by atoms with Crippen molar-refractivity contribution in [1.29, 1.82) is 0 Å². The number of hydrogen-bond donors (Lipinski definition) is 1. The van der Waals surface area contributed by atoms with Crippen LogP contribution in [0.5, 0.6) is 5.75 Å². The van der Waals surface area contributed by atoms with Crippen molar-refractivity contribution in [2.75, 3.05) is 7.11 Å². The smallest absolute Gasteiger partial charge is 0.124 e. The molecule has 0 spiro atoms. The van der Waals surface area contributed by atoms with Gasteiger partial charge < -0.3 is 10.1 Å². The Morgan fingerprint density at radius 1 is 1.19 bits per heavy atom. The van der Waals surface area contributed by atoms with Crippen LogP contribution < -0.4 is 10.1 Å². The van der Waals surface area contributed by atoms with Gasteiger partial charge >= 0.3 is 0 Å². The van der Waals surface area contributed by atoms with Crippen LogP contribution in [-0.2, 0) is 13.0 Å². The van der Waals surface area contributed by atoms with Gasteiger partial charge in [-0.2, -0.15) is 0 Å². The number of fused-ring (bicyclic) bond motifs is 1. The molecular weight excluding hydrogens is 282 g/mol. The summed E-state index contributed by atoms with van der Waals surface area (Å²) in [6.07, 6.45) is 3.59. The minimum absolute atomic E-state index is 0.399. The fourth-order valence-corrected chi connectivity index (χ4v) is 3.33. The Kier molecular flexibility index (Phi) is 4.47. The minimum atomic E-state index is 0.399. The van der Waals surface area contributed by atoms with E-state index in [9.17, 15) is 0 Å². The van der Waals surface area contributed by atoms with Gasteiger partial charge in [0.15, 0.2) is 0 Å². The van der Waals surface area contributed by atoms with Gasteiger partial charge in [0.1, 0.15) is 5.75 Å². The Morgan fingerprint density at radius 2 is 2.05 bits per heavy atom. The molecule has 0 aromatic heterocycles. The molecule has 0 heterocycles. The van der Waals surface area contributed by atoms with Gasteiger partial charge in [-0.25, -0.2) is 0 Å². The monoisotopic (exact) mass is 301 g/mol. The normalized spacial score (nSPS) is 17.3. The van der Waals surface area contributed by atoms with Crippen molar-refractivity contribution in [2.45, 2.75) is 31.8 Å². The van der Waals surface area contributed by atoms with Crippen molar-refractivity contribution in [1.82, 2.24) is 5.32 Å². The summed E-state index contributed by atoms with van der Waals surface area (Å²) in [4.78, 5) is 0. The van der Waals surface area contributed by atoms with E-state index < -0.39 is 0 Å². The number of halogens is 1. The first kappa shape index (κ1) is 14.4. The first-order valence-electron chi connectivity index (χ1n) is 7.42. The lowest BCUT2D eigenvalue weighted by atomic mass is 9.87. The molecule has 1 atom stereocenters. The SMILES string of the molecule is COc1cccc(Cl)c1CNC1CCCc2ccccc21. The first-order chi connectivity index (χ1) is 10.3. The lowest BCUT2D eigenvalue weighted by molar-refractivity contribution is 0.401. The van der Waals surface area contributed by atoms with Gasteiger partial charge in [-0.05, 0) is 42.5 Å². The fourth-order valence-electron chi connectivity index (χ4n) is 3.09. The molecule has 0 radical (unpaired) electrons. The van der Waals surface area contributed by atoms with Crippen molar-refractivity contribution in [3.05, 3.63) is 64.2 Å². The molecule has 21 heavy (non-hydrogen) atoms. The number of methoxy groups -OCH3 is 1. The van der Waals surface area contributed by atoms with Crippen LogP contribution in [0.25, 0.3) is 0 Å². The molecule has 1 N–H and O–H groups in total. The van der Waals surface area contributed by atoms with E-state index in [0.29, 0.717) is 6.04 Å². The Morgan fingerprint density at radius 3 is 2.90 bits per heavy atom. The maximum atomic E-state index is 6.31. The van der Waals surface area contributed by atoms with E-state index in [1.807, 2.05) is 18.2 Å². The zero-order valence-corrected chi connectivity index (χ0v) is 13.0. The Bertz CT molecular complexity index is 626. The van der Waals surface area contributed by atoms with Crippen molar-refractivity contribution in [3.8, 4) is 5.75 Å². The van der Waals surface area contributed by atoms with E-state index in [0.717, 1.165) is 22.9 Å². The molecule has 0 amide bonds. The molecule has 110 valence electrons. The molecule has 1 aliphatic rings. The van der Waals surface area contributed by atoms with Gasteiger partial charge in [0, 0.05) is 23.2 Å². The van der Waals surface area contributed by atoms with E-state index in [1.165, 1.54) is 30.4 Å². The average molecular weight is 302 g/mol. The number of benzene rings is 2. The summed E-state index contributed by atoms with van der Waals surface area (Å²) in [6, 6.07) is 14.9. The van der Waals surface area contributed by atoms with Gasteiger partial charge in [0.05, 0.1) is 7.11 Å². The molecule has 2 aromatic carbocycles. The molecule has 1 aliphatic carbocycles. The van der Waals surface area contributed by atoms with Gasteiger partial charge in [0.25, 0.3) is 0 Å². The first-order valence-corrected chi connectivity index (χ1v) is 7.80. The standard InChI is InChI=1S/C18H20ClNO/c1-21-18-11-5-9-16(19)15(18)12-20-17-10-4-7-13-6-2-3-8-14(13)17/h2-3,5-6,8-9,11,17,20H,4,7,10,12H2,1H3. The summed E-state index contributed by atoms with van der Waals surface area (Å²) in [5, 5.41) is 4.40. The maximum absolute atomic E-state index is 6.31. The largest absolute Gasteiger partial charge is 0.496 e. The zero-order valence-electron chi connectivity index (χ0n) is 12.2. The molecular formula is C18H20ClNO. The molecule has 0 bridgehead atoms. The van der Waals surface area contributed by atoms with Crippen LogP contribution in [0.3, 0.4) is 0 Å². The van der Waals surface area contributed by atoms with Crippen LogP contribution in [0.15, 0.2) is 42.5 Å². The van der Waals surface area contributed by atoms with E-state index in [1.54, 1.807) is 7.11 Å². The van der Waals surface area contributed by atoms with Crippen molar-refractivity contribution in [3.63, 3.8) is 0 Å². The Hall–Kier alpha value is -1.51. The molecule has 2 nitrogen and oxygen atoms in total. The van der Waals surface area contributed by atoms with Crippen LogP contribution in [0.4, 0.5) is 0 Å². The van der Waals surface area contributed by atoms with E-state index in [2.05, 4.69) is 29.6 Å². The Balaban J connectivity index is 1.78. The molecule has 2 aromatic rings. The summed E-state index contributed by atoms with van der Waals surface area (Å²) in [6.45, 7) is 0.724. The third kappa shape index (κ3) is 3.07. The van der Waals surface area contributed by atoms with Gasteiger partial charge in [-0.1, -0.05) is 41.9 Å². The number of nitrogens with one attached hydrogen (secondary N) is 1. The third-order valence-corrected chi connectivity index (χ3v) is 4.54. The van der Waals surface area contributed by atoms with Gasteiger partial charge in [0.2, 0.25) is 0 Å².